The van der Waals surface area contributed by atoms with Crippen LogP contribution in [-0.4, -0.2) is 13.7 Å². The molecule has 2 aromatic rings. The van der Waals surface area contributed by atoms with E-state index in [0.29, 0.717) is 0 Å². The van der Waals surface area contributed by atoms with Gasteiger partial charge in [-0.2, -0.15) is 0 Å². The summed E-state index contributed by atoms with van der Waals surface area (Å²) in [5, 5.41) is 4.09. The van der Waals surface area contributed by atoms with E-state index >= 15 is 0 Å². The minimum absolute atomic E-state index is 0.0145. The number of nitrogens with one attached hydrogen (secondary N) is 1. The number of fused-ring (bicyclic) bond motifs is 1. The molecule has 1 unspecified atom stereocenters. The zero-order valence-electron chi connectivity index (χ0n) is 11.4. The van der Waals surface area contributed by atoms with Gasteiger partial charge >= 0.3 is 0 Å². The van der Waals surface area contributed by atoms with Crippen LogP contribution in [0.1, 0.15) is 22.7 Å². The molecule has 1 N–H and O–H groups in total. The molecule has 2 aromatic carbocycles. The monoisotopic (exact) mass is 429 g/mol. The van der Waals surface area contributed by atoms with Gasteiger partial charge in [-0.05, 0) is 48.5 Å². The Morgan fingerprint density at radius 2 is 1.90 bits per heavy atom. The molecule has 1 aliphatic heterocycles. The zero-order valence-corrected chi connectivity index (χ0v) is 15.3. The Morgan fingerprint density at radius 3 is 2.67 bits per heavy atom. The maximum absolute atomic E-state index is 6.40. The van der Waals surface area contributed by atoms with Gasteiger partial charge in [0.05, 0.1) is 12.6 Å². The predicted octanol–water partition coefficient (Wildman–Crippen LogP) is 5.11. The number of hydrogen-bond acceptors (Lipinski definition) is 2. The molecule has 110 valence electrons. The van der Waals surface area contributed by atoms with Crippen molar-refractivity contribution >= 4 is 43.5 Å². The third-order valence-corrected chi connectivity index (χ3v) is 4.94. The number of hydrogen-bond donors (Lipinski definition) is 1. The summed E-state index contributed by atoms with van der Waals surface area (Å²) in [6.45, 7) is 0.738. The largest absolute Gasteiger partial charge is 0.493 e. The minimum atomic E-state index is -0.0145. The highest BCUT2D eigenvalue weighted by Crippen LogP contribution is 2.40. The first-order valence-corrected chi connectivity index (χ1v) is 8.64. The number of benzene rings is 2. The number of ether oxygens (including phenoxy) is 1. The van der Waals surface area contributed by atoms with Crippen molar-refractivity contribution in [1.29, 1.82) is 0 Å². The maximum Gasteiger partial charge on any atom is 0.127 e. The van der Waals surface area contributed by atoms with Gasteiger partial charge in [-0.25, -0.2) is 0 Å². The van der Waals surface area contributed by atoms with Crippen molar-refractivity contribution < 1.29 is 4.74 Å². The fraction of sp³-hybridized carbons (Fsp3) is 0.250. The second-order valence-electron chi connectivity index (χ2n) is 4.97. The summed E-state index contributed by atoms with van der Waals surface area (Å²) in [4.78, 5) is 0. The normalized spacial score (nSPS) is 14.7. The lowest BCUT2D eigenvalue weighted by Crippen LogP contribution is -2.19. The summed E-state index contributed by atoms with van der Waals surface area (Å²) in [6, 6.07) is 10.1. The summed E-state index contributed by atoms with van der Waals surface area (Å²) >= 11 is 13.5. The zero-order chi connectivity index (χ0) is 15.0. The van der Waals surface area contributed by atoms with E-state index in [2.05, 4.69) is 49.3 Å². The van der Waals surface area contributed by atoms with E-state index in [-0.39, 0.29) is 6.04 Å². The third-order valence-electron chi connectivity index (χ3n) is 3.65. The average molecular weight is 432 g/mol. The highest BCUT2D eigenvalue weighted by molar-refractivity contribution is 9.10. The van der Waals surface area contributed by atoms with Crippen LogP contribution in [0.2, 0.25) is 5.02 Å². The van der Waals surface area contributed by atoms with Crippen molar-refractivity contribution in [3.8, 4) is 5.75 Å². The first kappa shape index (κ1) is 15.3. The summed E-state index contributed by atoms with van der Waals surface area (Å²) < 4.78 is 7.92. The molecule has 0 spiro atoms. The van der Waals surface area contributed by atoms with Crippen molar-refractivity contribution in [2.45, 2.75) is 12.5 Å². The summed E-state index contributed by atoms with van der Waals surface area (Å²) in [5.74, 6) is 0.980. The highest BCUT2D eigenvalue weighted by atomic mass is 79.9. The molecule has 21 heavy (non-hydrogen) atoms. The van der Waals surface area contributed by atoms with Crippen LogP contribution in [0.4, 0.5) is 0 Å². The van der Waals surface area contributed by atoms with Crippen molar-refractivity contribution in [3.63, 3.8) is 0 Å². The van der Waals surface area contributed by atoms with Gasteiger partial charge in [0.25, 0.3) is 0 Å². The molecule has 0 aromatic heterocycles. The van der Waals surface area contributed by atoms with Crippen molar-refractivity contribution in [3.05, 3.63) is 61.0 Å². The quantitative estimate of drug-likeness (QED) is 0.729. The fourth-order valence-electron chi connectivity index (χ4n) is 2.73. The van der Waals surface area contributed by atoms with Gasteiger partial charge in [0.2, 0.25) is 0 Å². The minimum Gasteiger partial charge on any atom is -0.493 e. The molecule has 0 amide bonds. The van der Waals surface area contributed by atoms with Crippen LogP contribution in [0.3, 0.4) is 0 Å². The topological polar surface area (TPSA) is 21.3 Å². The smallest absolute Gasteiger partial charge is 0.127 e. The molecular formula is C16H14Br2ClNO. The Bertz CT molecular complexity index is 690. The van der Waals surface area contributed by atoms with Crippen LogP contribution in [0, 0.1) is 0 Å². The molecule has 1 heterocycles. The molecular weight excluding hydrogens is 417 g/mol. The Kier molecular flexibility index (Phi) is 4.60. The van der Waals surface area contributed by atoms with E-state index in [0.717, 1.165) is 43.9 Å². The molecule has 1 atom stereocenters. The Labute approximate surface area is 146 Å². The fourth-order valence-corrected chi connectivity index (χ4v) is 3.86. The number of rotatable bonds is 3. The van der Waals surface area contributed by atoms with Crippen LogP contribution in [0.25, 0.3) is 0 Å². The van der Waals surface area contributed by atoms with Gasteiger partial charge in [0.1, 0.15) is 5.75 Å². The lowest BCUT2D eigenvalue weighted by Gasteiger charge is -2.21. The highest BCUT2D eigenvalue weighted by Gasteiger charge is 2.25. The average Bonchev–Trinajstić information content (AvgIpc) is 2.91. The molecule has 0 aliphatic carbocycles. The van der Waals surface area contributed by atoms with Gasteiger partial charge in [0.15, 0.2) is 0 Å². The lowest BCUT2D eigenvalue weighted by atomic mass is 9.96. The summed E-state index contributed by atoms with van der Waals surface area (Å²) in [5.41, 5.74) is 3.38. The number of halogens is 3. The lowest BCUT2D eigenvalue weighted by molar-refractivity contribution is 0.351. The van der Waals surface area contributed by atoms with E-state index < -0.39 is 0 Å². The van der Waals surface area contributed by atoms with Crippen molar-refractivity contribution in [2.75, 3.05) is 13.7 Å². The molecule has 0 fully saturated rings. The molecule has 3 rings (SSSR count). The third kappa shape index (κ3) is 3.00. The Hall–Kier alpha value is -0.550. The molecule has 0 bridgehead atoms. The first-order valence-electron chi connectivity index (χ1n) is 6.67. The molecule has 0 radical (unpaired) electrons. The van der Waals surface area contributed by atoms with Gasteiger partial charge in [0, 0.05) is 26.0 Å². The van der Waals surface area contributed by atoms with Crippen molar-refractivity contribution in [2.24, 2.45) is 0 Å². The van der Waals surface area contributed by atoms with Gasteiger partial charge < -0.3 is 10.1 Å². The molecule has 5 heteroatoms. The SMILES string of the molecule is CNC(c1cc(Br)ccc1Cl)c1cc(Br)cc2c1OCC2. The summed E-state index contributed by atoms with van der Waals surface area (Å²) in [7, 11) is 1.93. The van der Waals surface area contributed by atoms with E-state index in [1.54, 1.807) is 0 Å². The maximum atomic E-state index is 6.40. The van der Waals surface area contributed by atoms with Crippen LogP contribution in [-0.2, 0) is 6.42 Å². The molecule has 1 aliphatic rings. The van der Waals surface area contributed by atoms with Crippen LogP contribution in [0.5, 0.6) is 5.75 Å². The standard InChI is InChI=1S/C16H14Br2ClNO/c1-20-15(12-7-10(17)2-3-14(12)19)13-8-11(18)6-9-4-5-21-16(9)13/h2-3,6-8,15,20H,4-5H2,1H3. The second-order valence-corrected chi connectivity index (χ2v) is 7.21. The Balaban J connectivity index is 2.15. The van der Waals surface area contributed by atoms with Crippen LogP contribution in [0.15, 0.2) is 39.3 Å². The van der Waals surface area contributed by atoms with E-state index in [4.69, 9.17) is 16.3 Å². The van der Waals surface area contributed by atoms with Crippen LogP contribution < -0.4 is 10.1 Å². The van der Waals surface area contributed by atoms with Gasteiger partial charge in [-0.15, -0.1) is 0 Å². The van der Waals surface area contributed by atoms with Crippen molar-refractivity contribution in [1.82, 2.24) is 5.32 Å². The van der Waals surface area contributed by atoms with E-state index in [1.807, 2.05) is 25.2 Å². The van der Waals surface area contributed by atoms with E-state index in [1.165, 1.54) is 5.56 Å². The molecule has 0 saturated carbocycles. The molecule has 0 saturated heterocycles. The van der Waals surface area contributed by atoms with Gasteiger partial charge in [-0.1, -0.05) is 43.5 Å². The summed E-state index contributed by atoms with van der Waals surface area (Å²) in [6.07, 6.45) is 0.949. The van der Waals surface area contributed by atoms with E-state index in [9.17, 15) is 0 Å². The van der Waals surface area contributed by atoms with Gasteiger partial charge in [-0.3, -0.25) is 0 Å². The predicted molar refractivity (Wildman–Crippen MR) is 93.4 cm³/mol. The second kappa shape index (κ2) is 6.29. The first-order chi connectivity index (χ1) is 10.1. The Morgan fingerprint density at radius 1 is 1.14 bits per heavy atom. The van der Waals surface area contributed by atoms with Crippen LogP contribution >= 0.6 is 43.5 Å². The molecule has 2 nitrogen and oxygen atoms in total.